The number of carbonyl (C=O) groups is 1. The molecule has 3 nitrogen and oxygen atoms in total. The Morgan fingerprint density at radius 2 is 2.42 bits per heavy atom. The third kappa shape index (κ3) is 1.61. The van der Waals surface area contributed by atoms with Gasteiger partial charge in [0.15, 0.2) is 0 Å². The van der Waals surface area contributed by atoms with E-state index in [9.17, 15) is 4.79 Å². The summed E-state index contributed by atoms with van der Waals surface area (Å²) >= 11 is 0. The molecule has 2 unspecified atom stereocenters. The molecule has 12 heavy (non-hydrogen) atoms. The van der Waals surface area contributed by atoms with Crippen LogP contribution in [0.5, 0.6) is 0 Å². The van der Waals surface area contributed by atoms with E-state index in [0.717, 1.165) is 19.3 Å². The summed E-state index contributed by atoms with van der Waals surface area (Å²) < 4.78 is 0. The Hall–Kier alpha value is -0.570. The summed E-state index contributed by atoms with van der Waals surface area (Å²) in [6, 6.07) is 0. The molecule has 3 heteroatoms. The number of nitrogens with one attached hydrogen (secondary N) is 1. The summed E-state index contributed by atoms with van der Waals surface area (Å²) in [6.45, 7) is 2.13. The Balaban J connectivity index is 2.67. The molecule has 1 fully saturated rings. The van der Waals surface area contributed by atoms with Crippen LogP contribution >= 0.6 is 0 Å². The van der Waals surface area contributed by atoms with E-state index in [-0.39, 0.29) is 12.0 Å². The van der Waals surface area contributed by atoms with Gasteiger partial charge in [-0.25, -0.2) is 0 Å². The second kappa shape index (κ2) is 3.44. The molecule has 0 amide bonds. The molecule has 0 heterocycles. The predicted octanol–water partition coefficient (Wildman–Crippen LogP) is 1.24. The fourth-order valence-electron chi connectivity index (χ4n) is 2.24. The van der Waals surface area contributed by atoms with Crippen LogP contribution in [0.3, 0.4) is 0 Å². The first kappa shape index (κ1) is 9.52. The highest BCUT2D eigenvalue weighted by molar-refractivity contribution is 5.68. The predicted molar refractivity (Wildman–Crippen MR) is 47.1 cm³/mol. The topological polar surface area (TPSA) is 49.3 Å². The van der Waals surface area contributed by atoms with Gasteiger partial charge in [0, 0.05) is 5.54 Å². The normalized spacial score (nSPS) is 35.3. The lowest BCUT2D eigenvalue weighted by atomic mass is 9.85. The van der Waals surface area contributed by atoms with E-state index >= 15 is 0 Å². The average molecular weight is 171 g/mol. The highest BCUT2D eigenvalue weighted by Crippen LogP contribution is 2.37. The molecule has 1 aliphatic rings. The molecule has 0 saturated heterocycles. The van der Waals surface area contributed by atoms with Gasteiger partial charge in [-0.15, -0.1) is 0 Å². The van der Waals surface area contributed by atoms with Crippen molar-refractivity contribution in [2.24, 2.45) is 5.92 Å². The van der Waals surface area contributed by atoms with Crippen molar-refractivity contribution in [3.63, 3.8) is 0 Å². The second-order valence-electron chi connectivity index (χ2n) is 3.77. The maximum absolute atomic E-state index is 10.6. The summed E-state index contributed by atoms with van der Waals surface area (Å²) in [5.74, 6) is -0.211. The third-order valence-corrected chi connectivity index (χ3v) is 3.17. The number of aliphatic carboxylic acids is 1. The maximum Gasteiger partial charge on any atom is 0.305 e. The van der Waals surface area contributed by atoms with Gasteiger partial charge in [-0.3, -0.25) is 4.79 Å². The van der Waals surface area contributed by atoms with Crippen molar-refractivity contribution in [2.75, 3.05) is 7.05 Å². The van der Waals surface area contributed by atoms with Gasteiger partial charge in [-0.05, 0) is 25.8 Å². The van der Waals surface area contributed by atoms with Crippen LogP contribution in [0.25, 0.3) is 0 Å². The largest absolute Gasteiger partial charge is 0.481 e. The summed E-state index contributed by atoms with van der Waals surface area (Å²) in [7, 11) is 1.87. The Kier molecular flexibility index (Phi) is 2.73. The first-order valence-electron chi connectivity index (χ1n) is 4.51. The second-order valence-corrected chi connectivity index (χ2v) is 3.77. The minimum atomic E-state index is -0.696. The molecule has 1 aliphatic carbocycles. The van der Waals surface area contributed by atoms with E-state index in [1.165, 1.54) is 0 Å². The molecule has 0 bridgehead atoms. The van der Waals surface area contributed by atoms with E-state index in [0.29, 0.717) is 5.92 Å². The number of hydrogen-bond donors (Lipinski definition) is 2. The molecule has 0 aromatic heterocycles. The van der Waals surface area contributed by atoms with Gasteiger partial charge >= 0.3 is 5.97 Å². The van der Waals surface area contributed by atoms with Crippen LogP contribution in [-0.2, 0) is 4.79 Å². The molecule has 2 atom stereocenters. The fourth-order valence-corrected chi connectivity index (χ4v) is 2.24. The molecule has 1 saturated carbocycles. The van der Waals surface area contributed by atoms with Gasteiger partial charge in [0.05, 0.1) is 6.42 Å². The number of carboxylic acids is 1. The Labute approximate surface area is 73.2 Å². The van der Waals surface area contributed by atoms with Crippen molar-refractivity contribution in [2.45, 2.75) is 38.1 Å². The molecule has 0 aromatic carbocycles. The molecule has 70 valence electrons. The molecule has 0 aromatic rings. The first-order chi connectivity index (χ1) is 5.60. The van der Waals surface area contributed by atoms with Crippen LogP contribution in [0, 0.1) is 5.92 Å². The molecule has 0 spiro atoms. The van der Waals surface area contributed by atoms with Gasteiger partial charge < -0.3 is 10.4 Å². The zero-order valence-corrected chi connectivity index (χ0v) is 7.76. The van der Waals surface area contributed by atoms with Crippen molar-refractivity contribution in [3.8, 4) is 0 Å². The van der Waals surface area contributed by atoms with Crippen molar-refractivity contribution in [1.29, 1.82) is 0 Å². The lowest BCUT2D eigenvalue weighted by molar-refractivity contribution is -0.139. The number of carboxylic acid groups (broad SMARTS) is 1. The van der Waals surface area contributed by atoms with Crippen molar-refractivity contribution < 1.29 is 9.90 Å². The zero-order chi connectivity index (χ0) is 9.19. The summed E-state index contributed by atoms with van der Waals surface area (Å²) in [5.41, 5.74) is -0.133. The summed E-state index contributed by atoms with van der Waals surface area (Å²) in [6.07, 6.45) is 3.55. The monoisotopic (exact) mass is 171 g/mol. The zero-order valence-electron chi connectivity index (χ0n) is 7.76. The third-order valence-electron chi connectivity index (χ3n) is 3.17. The minimum Gasteiger partial charge on any atom is -0.481 e. The van der Waals surface area contributed by atoms with Gasteiger partial charge in [-0.2, -0.15) is 0 Å². The Bertz CT molecular complexity index is 181. The van der Waals surface area contributed by atoms with Crippen LogP contribution in [0.1, 0.15) is 32.6 Å². The van der Waals surface area contributed by atoms with E-state index < -0.39 is 5.97 Å². The molecular weight excluding hydrogens is 154 g/mol. The standard InChI is InChI=1S/C9H17NO2/c1-7-4-3-5-9(7,10-2)6-8(11)12/h7,10H,3-6H2,1-2H3,(H,11,12). The van der Waals surface area contributed by atoms with Gasteiger partial charge in [0.1, 0.15) is 0 Å². The SMILES string of the molecule is CNC1(CC(=O)O)CCCC1C. The van der Waals surface area contributed by atoms with Crippen molar-refractivity contribution in [1.82, 2.24) is 5.32 Å². The van der Waals surface area contributed by atoms with Gasteiger partial charge in [0.25, 0.3) is 0 Å². The molecule has 1 rings (SSSR count). The van der Waals surface area contributed by atoms with Crippen molar-refractivity contribution >= 4 is 5.97 Å². The summed E-state index contributed by atoms with van der Waals surface area (Å²) in [4.78, 5) is 10.6. The van der Waals surface area contributed by atoms with Gasteiger partial charge in [0.2, 0.25) is 0 Å². The lowest BCUT2D eigenvalue weighted by Gasteiger charge is -2.31. The van der Waals surface area contributed by atoms with E-state index in [1.54, 1.807) is 0 Å². The van der Waals surface area contributed by atoms with E-state index in [4.69, 9.17) is 5.11 Å². The first-order valence-corrected chi connectivity index (χ1v) is 4.51. The fraction of sp³-hybridized carbons (Fsp3) is 0.889. The highest BCUT2D eigenvalue weighted by atomic mass is 16.4. The van der Waals surface area contributed by atoms with Crippen LogP contribution in [0.15, 0.2) is 0 Å². The number of hydrogen-bond acceptors (Lipinski definition) is 2. The van der Waals surface area contributed by atoms with Crippen LogP contribution < -0.4 is 5.32 Å². The Morgan fingerprint density at radius 3 is 2.75 bits per heavy atom. The quantitative estimate of drug-likeness (QED) is 0.671. The van der Waals surface area contributed by atoms with E-state index in [1.807, 2.05) is 7.05 Å². The number of rotatable bonds is 3. The smallest absolute Gasteiger partial charge is 0.305 e. The molecule has 0 radical (unpaired) electrons. The van der Waals surface area contributed by atoms with Crippen LogP contribution in [-0.4, -0.2) is 23.7 Å². The average Bonchev–Trinajstić information content (AvgIpc) is 2.32. The lowest BCUT2D eigenvalue weighted by Crippen LogP contribution is -2.46. The highest BCUT2D eigenvalue weighted by Gasteiger charge is 2.40. The maximum atomic E-state index is 10.6. The Morgan fingerprint density at radius 1 is 1.75 bits per heavy atom. The van der Waals surface area contributed by atoms with Gasteiger partial charge in [-0.1, -0.05) is 13.3 Å². The minimum absolute atomic E-state index is 0.133. The molecule has 2 N–H and O–H groups in total. The molecular formula is C9H17NO2. The van der Waals surface area contributed by atoms with Crippen LogP contribution in [0.4, 0.5) is 0 Å². The van der Waals surface area contributed by atoms with Crippen molar-refractivity contribution in [3.05, 3.63) is 0 Å². The molecule has 0 aliphatic heterocycles. The van der Waals surface area contributed by atoms with Crippen LogP contribution in [0.2, 0.25) is 0 Å². The van der Waals surface area contributed by atoms with E-state index in [2.05, 4.69) is 12.2 Å². The summed E-state index contributed by atoms with van der Waals surface area (Å²) in [5, 5.41) is 11.9.